The third-order valence-corrected chi connectivity index (χ3v) is 3.59. The number of thioether (sulfide) groups is 1. The second-order valence-corrected chi connectivity index (χ2v) is 5.00. The van der Waals surface area contributed by atoms with E-state index < -0.39 is 0 Å². The van der Waals surface area contributed by atoms with Gasteiger partial charge in [-0.05, 0) is 19.1 Å². The summed E-state index contributed by atoms with van der Waals surface area (Å²) < 4.78 is 2.31. The maximum Gasteiger partial charge on any atom is 0.203 e. The molecule has 15 heavy (non-hydrogen) atoms. The topological polar surface area (TPSA) is 29.9 Å². The number of nitrogens with one attached hydrogen (secondary N) is 1. The normalized spacial score (nSPS) is 17.1. The monoisotopic (exact) mass is 225 g/mol. The number of anilines is 1. The van der Waals surface area contributed by atoms with Crippen molar-refractivity contribution in [2.24, 2.45) is 0 Å². The van der Waals surface area contributed by atoms with Crippen molar-refractivity contribution in [2.75, 3.05) is 23.9 Å². The highest BCUT2D eigenvalue weighted by Gasteiger charge is 2.18. The summed E-state index contributed by atoms with van der Waals surface area (Å²) in [5, 5.41) is 3.40. The van der Waals surface area contributed by atoms with Gasteiger partial charge in [0.05, 0.1) is 0 Å². The van der Waals surface area contributed by atoms with Crippen molar-refractivity contribution in [1.29, 1.82) is 0 Å². The molecule has 1 fully saturated rings. The minimum atomic E-state index is 0.685. The summed E-state index contributed by atoms with van der Waals surface area (Å²) in [4.78, 5) is 4.38. The SMILES string of the molecule is CSCCNc1nccn1C1CCCC1. The number of hydrogen-bond acceptors (Lipinski definition) is 3. The van der Waals surface area contributed by atoms with Crippen LogP contribution in [0, 0.1) is 0 Å². The Morgan fingerprint density at radius 2 is 2.33 bits per heavy atom. The van der Waals surface area contributed by atoms with Gasteiger partial charge in [0.15, 0.2) is 0 Å². The second-order valence-electron chi connectivity index (χ2n) is 4.02. The Morgan fingerprint density at radius 3 is 3.07 bits per heavy atom. The Labute approximate surface area is 95.7 Å². The molecule has 0 aliphatic heterocycles. The van der Waals surface area contributed by atoms with Crippen molar-refractivity contribution >= 4 is 17.7 Å². The largest absolute Gasteiger partial charge is 0.355 e. The van der Waals surface area contributed by atoms with Crippen molar-refractivity contribution in [1.82, 2.24) is 9.55 Å². The molecule has 1 aliphatic rings. The number of aromatic nitrogens is 2. The quantitative estimate of drug-likeness (QED) is 0.781. The van der Waals surface area contributed by atoms with Gasteiger partial charge in [0.25, 0.3) is 0 Å². The predicted octanol–water partition coefficient (Wildman–Crippen LogP) is 2.77. The van der Waals surface area contributed by atoms with Gasteiger partial charge in [-0.25, -0.2) is 4.98 Å². The zero-order valence-corrected chi connectivity index (χ0v) is 10.1. The lowest BCUT2D eigenvalue weighted by molar-refractivity contribution is 0.523. The predicted molar refractivity (Wildman–Crippen MR) is 66.6 cm³/mol. The van der Waals surface area contributed by atoms with E-state index in [1.165, 1.54) is 25.7 Å². The van der Waals surface area contributed by atoms with Crippen LogP contribution in [0.2, 0.25) is 0 Å². The van der Waals surface area contributed by atoms with Crippen LogP contribution in [0.1, 0.15) is 31.7 Å². The molecule has 0 amide bonds. The summed E-state index contributed by atoms with van der Waals surface area (Å²) in [5.74, 6) is 2.19. The molecular weight excluding hydrogens is 206 g/mol. The molecule has 3 nitrogen and oxygen atoms in total. The molecule has 1 aromatic rings. The van der Waals surface area contributed by atoms with Crippen molar-refractivity contribution in [2.45, 2.75) is 31.7 Å². The van der Waals surface area contributed by atoms with Gasteiger partial charge in [0.2, 0.25) is 5.95 Å². The van der Waals surface area contributed by atoms with Crippen molar-refractivity contribution in [3.05, 3.63) is 12.4 Å². The minimum absolute atomic E-state index is 0.685. The van der Waals surface area contributed by atoms with E-state index in [1.807, 2.05) is 18.0 Å². The first-order valence-electron chi connectivity index (χ1n) is 5.67. The van der Waals surface area contributed by atoms with Crippen LogP contribution in [0.15, 0.2) is 12.4 Å². The number of nitrogens with zero attached hydrogens (tertiary/aromatic N) is 2. The third kappa shape index (κ3) is 2.68. The molecule has 1 heterocycles. The average molecular weight is 225 g/mol. The highest BCUT2D eigenvalue weighted by atomic mass is 32.2. The summed E-state index contributed by atoms with van der Waals surface area (Å²) in [7, 11) is 0. The van der Waals surface area contributed by atoms with Gasteiger partial charge in [0, 0.05) is 30.7 Å². The maximum absolute atomic E-state index is 4.38. The smallest absolute Gasteiger partial charge is 0.203 e. The summed E-state index contributed by atoms with van der Waals surface area (Å²) >= 11 is 1.86. The van der Waals surface area contributed by atoms with Crippen LogP contribution in [0.4, 0.5) is 5.95 Å². The first kappa shape index (κ1) is 10.9. The molecule has 1 N–H and O–H groups in total. The Bertz CT molecular complexity index is 292. The van der Waals surface area contributed by atoms with E-state index in [1.54, 1.807) is 0 Å². The van der Waals surface area contributed by atoms with Crippen molar-refractivity contribution < 1.29 is 0 Å². The van der Waals surface area contributed by atoms with Gasteiger partial charge in [-0.3, -0.25) is 0 Å². The van der Waals surface area contributed by atoms with E-state index in [-0.39, 0.29) is 0 Å². The van der Waals surface area contributed by atoms with Gasteiger partial charge >= 0.3 is 0 Å². The van der Waals surface area contributed by atoms with Gasteiger partial charge in [-0.1, -0.05) is 12.8 Å². The molecule has 0 bridgehead atoms. The zero-order chi connectivity index (χ0) is 10.5. The molecular formula is C11H19N3S. The fourth-order valence-corrected chi connectivity index (χ4v) is 2.50. The molecule has 84 valence electrons. The summed E-state index contributed by atoms with van der Waals surface area (Å²) in [5.41, 5.74) is 0. The van der Waals surface area contributed by atoms with E-state index in [2.05, 4.69) is 27.3 Å². The van der Waals surface area contributed by atoms with Crippen molar-refractivity contribution in [3.63, 3.8) is 0 Å². The standard InChI is InChI=1S/C11H19N3S/c1-15-9-7-13-11-12-6-8-14(11)10-4-2-3-5-10/h6,8,10H,2-5,7,9H2,1H3,(H,12,13). The van der Waals surface area contributed by atoms with Crippen LogP contribution in [0.5, 0.6) is 0 Å². The zero-order valence-electron chi connectivity index (χ0n) is 9.28. The Morgan fingerprint density at radius 1 is 1.53 bits per heavy atom. The van der Waals surface area contributed by atoms with Gasteiger partial charge in [-0.15, -0.1) is 0 Å². The minimum Gasteiger partial charge on any atom is -0.355 e. The molecule has 0 aromatic carbocycles. The first-order valence-corrected chi connectivity index (χ1v) is 7.07. The lowest BCUT2D eigenvalue weighted by Gasteiger charge is -2.15. The lowest BCUT2D eigenvalue weighted by Crippen LogP contribution is -2.12. The molecule has 0 unspecified atom stereocenters. The molecule has 0 atom stereocenters. The van der Waals surface area contributed by atoms with Crippen LogP contribution in [-0.4, -0.2) is 28.1 Å². The third-order valence-electron chi connectivity index (χ3n) is 2.98. The average Bonchev–Trinajstić information content (AvgIpc) is 2.87. The van der Waals surface area contributed by atoms with Gasteiger partial charge in [0.1, 0.15) is 0 Å². The van der Waals surface area contributed by atoms with Crippen LogP contribution in [0.3, 0.4) is 0 Å². The van der Waals surface area contributed by atoms with Gasteiger partial charge in [-0.2, -0.15) is 11.8 Å². The second kappa shape index (κ2) is 5.45. The van der Waals surface area contributed by atoms with E-state index in [4.69, 9.17) is 0 Å². The van der Waals surface area contributed by atoms with Crippen LogP contribution in [-0.2, 0) is 0 Å². The maximum atomic E-state index is 4.38. The molecule has 1 aromatic heterocycles. The molecule has 0 radical (unpaired) electrons. The summed E-state index contributed by atoms with van der Waals surface area (Å²) in [6.45, 7) is 1.00. The molecule has 0 spiro atoms. The van der Waals surface area contributed by atoms with E-state index in [0.29, 0.717) is 6.04 Å². The molecule has 1 saturated carbocycles. The molecule has 2 rings (SSSR count). The van der Waals surface area contributed by atoms with E-state index in [0.717, 1.165) is 18.2 Å². The Hall–Kier alpha value is -0.640. The van der Waals surface area contributed by atoms with Crippen LogP contribution < -0.4 is 5.32 Å². The van der Waals surface area contributed by atoms with Crippen LogP contribution >= 0.6 is 11.8 Å². The summed E-state index contributed by atoms with van der Waals surface area (Å²) in [6.07, 6.45) is 11.5. The molecule has 0 saturated heterocycles. The number of hydrogen-bond donors (Lipinski definition) is 1. The fraction of sp³-hybridized carbons (Fsp3) is 0.727. The highest BCUT2D eigenvalue weighted by molar-refractivity contribution is 7.98. The number of rotatable bonds is 5. The van der Waals surface area contributed by atoms with Crippen LogP contribution in [0.25, 0.3) is 0 Å². The number of imidazole rings is 1. The van der Waals surface area contributed by atoms with Gasteiger partial charge < -0.3 is 9.88 Å². The fourth-order valence-electron chi connectivity index (χ4n) is 2.19. The highest BCUT2D eigenvalue weighted by Crippen LogP contribution is 2.31. The summed E-state index contributed by atoms with van der Waals surface area (Å²) in [6, 6.07) is 0.685. The molecule has 4 heteroatoms. The van der Waals surface area contributed by atoms with E-state index in [9.17, 15) is 0 Å². The lowest BCUT2D eigenvalue weighted by atomic mass is 10.2. The van der Waals surface area contributed by atoms with E-state index >= 15 is 0 Å². The first-order chi connectivity index (χ1) is 7.42. The Balaban J connectivity index is 1.95. The van der Waals surface area contributed by atoms with Crippen molar-refractivity contribution in [3.8, 4) is 0 Å². The Kier molecular flexibility index (Phi) is 3.94. The molecule has 1 aliphatic carbocycles.